The van der Waals surface area contributed by atoms with Gasteiger partial charge in [0.2, 0.25) is 0 Å². The second-order valence-electron chi connectivity index (χ2n) is 4.91. The van der Waals surface area contributed by atoms with Gasteiger partial charge in [0.25, 0.3) is 0 Å². The Bertz CT molecular complexity index is 728. The number of benzene rings is 2. The van der Waals surface area contributed by atoms with Crippen LogP contribution in [0, 0.1) is 0 Å². The van der Waals surface area contributed by atoms with E-state index in [9.17, 15) is 8.42 Å². The van der Waals surface area contributed by atoms with Gasteiger partial charge in [-0.05, 0) is 42.2 Å². The van der Waals surface area contributed by atoms with Gasteiger partial charge in [-0.15, -0.1) is 19.0 Å². The first-order valence-corrected chi connectivity index (χ1v) is 8.48. The third-order valence-electron chi connectivity index (χ3n) is 3.22. The van der Waals surface area contributed by atoms with Gasteiger partial charge in [0, 0.05) is 5.69 Å². The van der Waals surface area contributed by atoms with Gasteiger partial charge in [-0.1, -0.05) is 36.4 Å². The second-order valence-corrected chi connectivity index (χ2v) is 7.02. The third-order valence-corrected chi connectivity index (χ3v) is 5.00. The Balaban J connectivity index is 0.00000242. The summed E-state index contributed by atoms with van der Waals surface area (Å²) in [6.45, 7) is 3.61. The quantitative estimate of drug-likeness (QED) is 0.490. The standard InChI is InChI=1S/C17H19NO2S.ClH/c1-2-3-7-10-21(19,20)17-12-15(11-16(18)13-17)14-8-5-4-6-9-14;/h2,4-6,8-9,11-13H,1,3,7,10,18H2;1H. The maximum Gasteiger partial charge on any atom is 0.178 e. The first-order valence-electron chi connectivity index (χ1n) is 6.82. The minimum Gasteiger partial charge on any atom is -0.399 e. The van der Waals surface area contributed by atoms with Gasteiger partial charge in [0.15, 0.2) is 9.84 Å². The van der Waals surface area contributed by atoms with Crippen LogP contribution in [0.1, 0.15) is 12.8 Å². The summed E-state index contributed by atoms with van der Waals surface area (Å²) in [5.74, 6) is 0.108. The Morgan fingerprint density at radius 1 is 1.05 bits per heavy atom. The van der Waals surface area contributed by atoms with Crippen LogP contribution in [0.25, 0.3) is 11.1 Å². The van der Waals surface area contributed by atoms with E-state index in [0.29, 0.717) is 18.5 Å². The number of sulfone groups is 1. The maximum absolute atomic E-state index is 12.4. The van der Waals surface area contributed by atoms with Crippen LogP contribution < -0.4 is 5.73 Å². The average molecular weight is 338 g/mol. The lowest BCUT2D eigenvalue weighted by molar-refractivity contribution is 0.593. The molecule has 0 aromatic heterocycles. The highest BCUT2D eigenvalue weighted by Crippen LogP contribution is 2.26. The molecule has 0 fully saturated rings. The van der Waals surface area contributed by atoms with Crippen molar-refractivity contribution < 1.29 is 8.42 Å². The molecule has 2 N–H and O–H groups in total. The molecule has 0 aliphatic rings. The number of anilines is 1. The summed E-state index contributed by atoms with van der Waals surface area (Å²) >= 11 is 0. The fraction of sp³-hybridized carbons (Fsp3) is 0.176. The Hall–Kier alpha value is -1.78. The highest BCUT2D eigenvalue weighted by molar-refractivity contribution is 7.91. The van der Waals surface area contributed by atoms with Crippen molar-refractivity contribution in [3.8, 4) is 11.1 Å². The number of halogens is 1. The maximum atomic E-state index is 12.4. The Morgan fingerprint density at radius 3 is 2.36 bits per heavy atom. The molecule has 5 heteroatoms. The summed E-state index contributed by atoms with van der Waals surface area (Å²) in [6, 6.07) is 14.6. The zero-order valence-electron chi connectivity index (χ0n) is 12.2. The van der Waals surface area contributed by atoms with Crippen molar-refractivity contribution in [1.82, 2.24) is 0 Å². The molecular formula is C17H20ClNO2S. The topological polar surface area (TPSA) is 60.2 Å². The largest absolute Gasteiger partial charge is 0.399 e. The third kappa shape index (κ3) is 4.61. The molecule has 0 bridgehead atoms. The molecule has 0 radical (unpaired) electrons. The Kier molecular flexibility index (Phi) is 6.65. The number of hydrogen-bond acceptors (Lipinski definition) is 3. The summed E-state index contributed by atoms with van der Waals surface area (Å²) in [4.78, 5) is 0.283. The van der Waals surface area contributed by atoms with E-state index in [2.05, 4.69) is 6.58 Å². The Labute approximate surface area is 138 Å². The molecule has 0 aliphatic heterocycles. The number of nitrogen functional groups attached to an aromatic ring is 1. The molecule has 2 aromatic rings. The van der Waals surface area contributed by atoms with Crippen molar-refractivity contribution >= 4 is 27.9 Å². The summed E-state index contributed by atoms with van der Waals surface area (Å²) in [5, 5.41) is 0. The van der Waals surface area contributed by atoms with Crippen molar-refractivity contribution in [1.29, 1.82) is 0 Å². The molecule has 2 aromatic carbocycles. The molecule has 22 heavy (non-hydrogen) atoms. The van der Waals surface area contributed by atoms with Gasteiger partial charge in [-0.25, -0.2) is 8.42 Å². The molecule has 0 unspecified atom stereocenters. The molecule has 0 heterocycles. The first kappa shape index (κ1) is 18.3. The van der Waals surface area contributed by atoms with E-state index in [1.807, 2.05) is 30.3 Å². The molecule has 0 aliphatic carbocycles. The minimum atomic E-state index is -3.31. The highest BCUT2D eigenvalue weighted by Gasteiger charge is 2.15. The normalized spacial score (nSPS) is 10.7. The van der Waals surface area contributed by atoms with E-state index >= 15 is 0 Å². The smallest absolute Gasteiger partial charge is 0.178 e. The zero-order chi connectivity index (χ0) is 15.3. The van der Waals surface area contributed by atoms with E-state index in [-0.39, 0.29) is 23.1 Å². The van der Waals surface area contributed by atoms with Crippen molar-refractivity contribution in [3.05, 3.63) is 61.2 Å². The van der Waals surface area contributed by atoms with Gasteiger partial charge in [0.05, 0.1) is 10.6 Å². The lowest BCUT2D eigenvalue weighted by Crippen LogP contribution is -2.07. The second kappa shape index (κ2) is 8.01. The molecule has 0 saturated heterocycles. The minimum absolute atomic E-state index is 0. The number of rotatable bonds is 6. The number of unbranched alkanes of at least 4 members (excludes halogenated alkanes) is 1. The molecule has 2 rings (SSSR count). The van der Waals surface area contributed by atoms with E-state index in [4.69, 9.17) is 5.73 Å². The average Bonchev–Trinajstić information content (AvgIpc) is 2.48. The monoisotopic (exact) mass is 337 g/mol. The zero-order valence-corrected chi connectivity index (χ0v) is 13.9. The molecule has 0 atom stereocenters. The van der Waals surface area contributed by atoms with Gasteiger partial charge >= 0.3 is 0 Å². The Morgan fingerprint density at radius 2 is 1.73 bits per heavy atom. The SMILES string of the molecule is C=CCCCS(=O)(=O)c1cc(N)cc(-c2ccccc2)c1.Cl. The lowest BCUT2D eigenvalue weighted by atomic mass is 10.1. The van der Waals surface area contributed by atoms with Gasteiger partial charge < -0.3 is 5.73 Å². The van der Waals surface area contributed by atoms with Crippen LogP contribution >= 0.6 is 12.4 Å². The molecule has 3 nitrogen and oxygen atoms in total. The van der Waals surface area contributed by atoms with Crippen molar-refractivity contribution in [3.63, 3.8) is 0 Å². The fourth-order valence-corrected chi connectivity index (χ4v) is 3.54. The van der Waals surface area contributed by atoms with E-state index < -0.39 is 9.84 Å². The fourth-order valence-electron chi connectivity index (χ4n) is 2.13. The van der Waals surface area contributed by atoms with Crippen LogP contribution in [0.3, 0.4) is 0 Å². The highest BCUT2D eigenvalue weighted by atomic mass is 35.5. The number of hydrogen-bond donors (Lipinski definition) is 1. The van der Waals surface area contributed by atoms with Crippen LogP contribution in [-0.2, 0) is 9.84 Å². The predicted octanol–water partition coefficient (Wildman–Crippen LogP) is 4.10. The first-order chi connectivity index (χ1) is 10.0. The predicted molar refractivity (Wildman–Crippen MR) is 95.0 cm³/mol. The molecule has 0 spiro atoms. The van der Waals surface area contributed by atoms with Gasteiger partial charge in [-0.3, -0.25) is 0 Å². The number of nitrogens with two attached hydrogens (primary N) is 1. The summed E-state index contributed by atoms with van der Waals surface area (Å²) in [5.41, 5.74) is 8.09. The molecule has 0 amide bonds. The summed E-state index contributed by atoms with van der Waals surface area (Å²) in [7, 11) is -3.31. The van der Waals surface area contributed by atoms with Gasteiger partial charge in [-0.2, -0.15) is 0 Å². The van der Waals surface area contributed by atoms with Crippen LogP contribution in [0.15, 0.2) is 66.1 Å². The summed E-state index contributed by atoms with van der Waals surface area (Å²) < 4.78 is 24.7. The van der Waals surface area contributed by atoms with Crippen molar-refractivity contribution in [2.24, 2.45) is 0 Å². The van der Waals surface area contributed by atoms with Crippen molar-refractivity contribution in [2.75, 3.05) is 11.5 Å². The van der Waals surface area contributed by atoms with Gasteiger partial charge in [0.1, 0.15) is 0 Å². The van der Waals surface area contributed by atoms with E-state index in [0.717, 1.165) is 11.1 Å². The van der Waals surface area contributed by atoms with Crippen molar-refractivity contribution in [2.45, 2.75) is 17.7 Å². The molecule has 118 valence electrons. The van der Waals surface area contributed by atoms with E-state index in [1.165, 1.54) is 6.07 Å². The lowest BCUT2D eigenvalue weighted by Gasteiger charge is -2.09. The van der Waals surface area contributed by atoms with E-state index in [1.54, 1.807) is 18.2 Å². The van der Waals surface area contributed by atoms with Crippen LogP contribution in [-0.4, -0.2) is 14.2 Å². The summed E-state index contributed by atoms with van der Waals surface area (Å²) in [6.07, 6.45) is 2.98. The molecule has 0 saturated carbocycles. The van der Waals surface area contributed by atoms with Crippen LogP contribution in [0.4, 0.5) is 5.69 Å². The van der Waals surface area contributed by atoms with Crippen LogP contribution in [0.2, 0.25) is 0 Å². The number of allylic oxidation sites excluding steroid dienone is 1. The van der Waals surface area contributed by atoms with Crippen LogP contribution in [0.5, 0.6) is 0 Å². The molecular weight excluding hydrogens is 318 g/mol.